The van der Waals surface area contributed by atoms with Crippen LogP contribution in [-0.2, 0) is 21.2 Å². The number of nitrogens with zero attached hydrogens (tertiary/aromatic N) is 3. The number of anilines is 1. The molecule has 0 N–H and O–H groups in total. The zero-order valence-corrected chi connectivity index (χ0v) is 18.4. The Kier molecular flexibility index (Phi) is 6.09. The second kappa shape index (κ2) is 8.96. The van der Waals surface area contributed by atoms with E-state index in [9.17, 15) is 18.0 Å². The van der Waals surface area contributed by atoms with Crippen LogP contribution in [-0.4, -0.2) is 48.8 Å². The molecule has 0 aliphatic carbocycles. The van der Waals surface area contributed by atoms with Gasteiger partial charge in [0.2, 0.25) is 5.91 Å². The van der Waals surface area contributed by atoms with Crippen LogP contribution in [0.3, 0.4) is 0 Å². The highest BCUT2D eigenvalue weighted by Gasteiger charge is 2.35. The van der Waals surface area contributed by atoms with Crippen LogP contribution in [0.5, 0.6) is 5.75 Å². The van der Waals surface area contributed by atoms with Crippen LogP contribution < -0.4 is 15.2 Å². The van der Waals surface area contributed by atoms with Gasteiger partial charge in [0.15, 0.2) is 9.84 Å². The lowest BCUT2D eigenvalue weighted by molar-refractivity contribution is -0.119. The molecule has 9 heteroatoms. The lowest BCUT2D eigenvalue weighted by Crippen LogP contribution is -2.44. The minimum Gasteiger partial charge on any atom is -0.497 e. The number of benzene rings is 2. The summed E-state index contributed by atoms with van der Waals surface area (Å²) in [6, 6.07) is 18.6. The summed E-state index contributed by atoms with van der Waals surface area (Å²) in [5, 5.41) is 4.37. The van der Waals surface area contributed by atoms with Gasteiger partial charge in [0.1, 0.15) is 12.3 Å². The largest absolute Gasteiger partial charge is 0.497 e. The van der Waals surface area contributed by atoms with Gasteiger partial charge in [-0.15, -0.1) is 0 Å². The Morgan fingerprint density at radius 2 is 1.91 bits per heavy atom. The van der Waals surface area contributed by atoms with Crippen molar-refractivity contribution in [1.82, 2.24) is 9.78 Å². The number of amides is 1. The first-order chi connectivity index (χ1) is 15.4. The molecule has 0 bridgehead atoms. The number of ether oxygens (including phenoxy) is 1. The lowest BCUT2D eigenvalue weighted by Gasteiger charge is -2.28. The summed E-state index contributed by atoms with van der Waals surface area (Å²) in [5.41, 5.74) is 1.44. The Labute approximate surface area is 186 Å². The van der Waals surface area contributed by atoms with E-state index in [4.69, 9.17) is 4.74 Å². The van der Waals surface area contributed by atoms with Crippen LogP contribution in [0.2, 0.25) is 0 Å². The number of hydrogen-bond acceptors (Lipinski definition) is 6. The molecule has 8 nitrogen and oxygen atoms in total. The van der Waals surface area contributed by atoms with Crippen molar-refractivity contribution in [2.75, 3.05) is 23.5 Å². The molecule has 2 aromatic carbocycles. The van der Waals surface area contributed by atoms with Crippen molar-refractivity contribution in [3.63, 3.8) is 0 Å². The molecule has 4 rings (SSSR count). The zero-order chi connectivity index (χ0) is 22.7. The maximum absolute atomic E-state index is 13.3. The van der Waals surface area contributed by atoms with Crippen LogP contribution >= 0.6 is 0 Å². The van der Waals surface area contributed by atoms with E-state index in [2.05, 4.69) is 5.10 Å². The van der Waals surface area contributed by atoms with Crippen LogP contribution in [0, 0.1) is 0 Å². The fraction of sp³-hybridized carbons (Fsp3) is 0.261. The van der Waals surface area contributed by atoms with E-state index in [0.717, 1.165) is 10.2 Å². The number of rotatable bonds is 6. The fourth-order valence-corrected chi connectivity index (χ4v) is 5.53. The second-order valence-corrected chi connectivity index (χ2v) is 9.83. The molecule has 1 amide bonds. The Bertz CT molecular complexity index is 1290. The molecule has 0 spiro atoms. The molecular weight excluding hydrogens is 430 g/mol. The molecule has 1 atom stereocenters. The highest BCUT2D eigenvalue weighted by atomic mass is 32.2. The van der Waals surface area contributed by atoms with E-state index in [1.165, 1.54) is 11.0 Å². The van der Waals surface area contributed by atoms with Crippen LogP contribution in [0.15, 0.2) is 71.5 Å². The summed E-state index contributed by atoms with van der Waals surface area (Å²) in [6.45, 7) is -0.303. The number of carbonyl (C=O) groups excluding carboxylic acids is 1. The van der Waals surface area contributed by atoms with Crippen LogP contribution in [0.4, 0.5) is 5.69 Å². The van der Waals surface area contributed by atoms with Gasteiger partial charge in [-0.2, -0.15) is 5.10 Å². The van der Waals surface area contributed by atoms with Crippen molar-refractivity contribution >= 4 is 21.4 Å². The number of hydrogen-bond donors (Lipinski definition) is 0. The van der Waals surface area contributed by atoms with Crippen LogP contribution in [0.1, 0.15) is 6.42 Å². The van der Waals surface area contributed by atoms with Crippen molar-refractivity contribution < 1.29 is 17.9 Å². The molecule has 1 aromatic heterocycles. The minimum absolute atomic E-state index is 0.0395. The highest BCUT2D eigenvalue weighted by Crippen LogP contribution is 2.25. The molecule has 166 valence electrons. The minimum atomic E-state index is -3.20. The maximum Gasteiger partial charge on any atom is 0.267 e. The van der Waals surface area contributed by atoms with E-state index < -0.39 is 27.3 Å². The lowest BCUT2D eigenvalue weighted by atomic mass is 10.1. The molecule has 32 heavy (non-hydrogen) atoms. The van der Waals surface area contributed by atoms with Gasteiger partial charge in [-0.25, -0.2) is 13.1 Å². The fourth-order valence-electron chi connectivity index (χ4n) is 3.83. The molecular formula is C23H23N3O5S. The van der Waals surface area contributed by atoms with E-state index in [1.807, 2.05) is 18.2 Å². The van der Waals surface area contributed by atoms with Gasteiger partial charge in [0.25, 0.3) is 5.56 Å². The summed E-state index contributed by atoms with van der Waals surface area (Å²) >= 11 is 0. The molecule has 1 aliphatic rings. The number of methoxy groups -OCH3 is 1. The van der Waals surface area contributed by atoms with Gasteiger partial charge in [0, 0.05) is 17.3 Å². The third-order valence-corrected chi connectivity index (χ3v) is 7.14. The molecule has 1 fully saturated rings. The standard InChI is InChI=1S/C23H23N3O5S/c1-31-20-9-5-6-17(14-20)21-10-11-22(27)25(24-21)15-23(28)26(18-7-3-2-4-8-18)19-12-13-32(29,30)16-19/h2-11,14,19H,12-13,15-16H2,1H3/t19-/m0/s1. The predicted molar refractivity (Wildman–Crippen MR) is 121 cm³/mol. The topological polar surface area (TPSA) is 98.6 Å². The average Bonchev–Trinajstić information content (AvgIpc) is 3.15. The van der Waals surface area contributed by atoms with E-state index in [0.29, 0.717) is 23.6 Å². The maximum atomic E-state index is 13.3. The highest BCUT2D eigenvalue weighted by molar-refractivity contribution is 7.91. The average molecular weight is 454 g/mol. The molecule has 2 heterocycles. The number of sulfone groups is 1. The predicted octanol–water partition coefficient (Wildman–Crippen LogP) is 2.14. The Morgan fingerprint density at radius 3 is 2.59 bits per heavy atom. The molecule has 1 aliphatic heterocycles. The monoisotopic (exact) mass is 453 g/mol. The smallest absolute Gasteiger partial charge is 0.267 e. The molecule has 0 saturated carbocycles. The van der Waals surface area contributed by atoms with Gasteiger partial charge in [-0.05, 0) is 36.8 Å². The quantitative estimate of drug-likeness (QED) is 0.567. The van der Waals surface area contributed by atoms with Gasteiger partial charge in [0.05, 0.1) is 30.4 Å². The summed E-state index contributed by atoms with van der Waals surface area (Å²) in [6.07, 6.45) is 0.356. The molecule has 0 radical (unpaired) electrons. The summed E-state index contributed by atoms with van der Waals surface area (Å²) in [7, 11) is -1.64. The first-order valence-electron chi connectivity index (χ1n) is 10.2. The first-order valence-corrected chi connectivity index (χ1v) is 12.0. The van der Waals surface area contributed by atoms with Crippen LogP contribution in [0.25, 0.3) is 11.3 Å². The van der Waals surface area contributed by atoms with Gasteiger partial charge >= 0.3 is 0 Å². The van der Waals surface area contributed by atoms with Gasteiger partial charge in [-0.3, -0.25) is 9.59 Å². The van der Waals surface area contributed by atoms with Gasteiger partial charge in [-0.1, -0.05) is 30.3 Å². The summed E-state index contributed by atoms with van der Waals surface area (Å²) in [5.74, 6) is 0.198. The normalized spacial score (nSPS) is 17.1. The van der Waals surface area contributed by atoms with Crippen molar-refractivity contribution in [3.05, 3.63) is 77.1 Å². The Hall–Kier alpha value is -3.46. The van der Waals surface area contributed by atoms with Crippen molar-refractivity contribution in [1.29, 1.82) is 0 Å². The second-order valence-electron chi connectivity index (χ2n) is 7.60. The van der Waals surface area contributed by atoms with E-state index in [-0.39, 0.29) is 18.1 Å². The van der Waals surface area contributed by atoms with Crippen molar-refractivity contribution in [3.8, 4) is 17.0 Å². The van der Waals surface area contributed by atoms with Crippen molar-refractivity contribution in [2.24, 2.45) is 0 Å². The number of carbonyl (C=O) groups is 1. The number of para-hydroxylation sites is 1. The van der Waals surface area contributed by atoms with Crippen molar-refractivity contribution in [2.45, 2.75) is 19.0 Å². The summed E-state index contributed by atoms with van der Waals surface area (Å²) in [4.78, 5) is 27.3. The molecule has 0 unspecified atom stereocenters. The first kappa shape index (κ1) is 21.8. The third-order valence-electron chi connectivity index (χ3n) is 5.39. The number of aromatic nitrogens is 2. The third kappa shape index (κ3) is 4.72. The zero-order valence-electron chi connectivity index (χ0n) is 17.5. The molecule has 3 aromatic rings. The Morgan fingerprint density at radius 1 is 1.12 bits per heavy atom. The SMILES string of the molecule is COc1cccc(-c2ccc(=O)n(CC(=O)N(c3ccccc3)[C@H]3CCS(=O)(=O)C3)n2)c1. The Balaban J connectivity index is 1.65. The summed E-state index contributed by atoms with van der Waals surface area (Å²) < 4.78 is 30.5. The van der Waals surface area contributed by atoms with Gasteiger partial charge < -0.3 is 9.64 Å². The van der Waals surface area contributed by atoms with E-state index in [1.54, 1.807) is 49.6 Å². The molecule has 1 saturated heterocycles. The van der Waals surface area contributed by atoms with E-state index >= 15 is 0 Å².